The van der Waals surface area contributed by atoms with Gasteiger partial charge in [0.15, 0.2) is 4.90 Å². The summed E-state index contributed by atoms with van der Waals surface area (Å²) in [5, 5.41) is 10.7. The van der Waals surface area contributed by atoms with Crippen LogP contribution in [0.1, 0.15) is 10.4 Å². The largest absolute Gasteiger partial charge is 0.545 e. The van der Waals surface area contributed by atoms with Crippen LogP contribution in [-0.4, -0.2) is 14.4 Å². The third-order valence-corrected chi connectivity index (χ3v) is 3.97. The minimum Gasteiger partial charge on any atom is -0.545 e. The summed E-state index contributed by atoms with van der Waals surface area (Å²) < 4.78 is 52.8. The number of benzene rings is 2. The van der Waals surface area contributed by atoms with Crippen molar-refractivity contribution in [2.24, 2.45) is 0 Å². The van der Waals surface area contributed by atoms with Crippen LogP contribution in [0.2, 0.25) is 0 Å². The van der Waals surface area contributed by atoms with E-state index in [0.29, 0.717) is 0 Å². The molecule has 0 unspecified atom stereocenters. The molecule has 0 fully saturated rings. The molecule has 0 spiro atoms. The number of aromatic carboxylic acids is 1. The van der Waals surface area contributed by atoms with E-state index >= 15 is 0 Å². The molecule has 0 aliphatic heterocycles. The van der Waals surface area contributed by atoms with Crippen LogP contribution >= 0.6 is 0 Å². The highest BCUT2D eigenvalue weighted by molar-refractivity contribution is 7.92. The fourth-order valence-electron chi connectivity index (χ4n) is 1.66. The smallest absolute Gasteiger partial charge is 0.267 e. The fourth-order valence-corrected chi connectivity index (χ4v) is 2.84. The van der Waals surface area contributed by atoms with Gasteiger partial charge >= 0.3 is 0 Å². The summed E-state index contributed by atoms with van der Waals surface area (Å²) in [5.41, 5.74) is -0.427. The maximum Gasteiger partial charge on any atom is 0.267 e. The summed E-state index contributed by atoms with van der Waals surface area (Å²) in [6.45, 7) is 0. The summed E-state index contributed by atoms with van der Waals surface area (Å²) in [4.78, 5) is 9.55. The number of hydrogen-bond acceptors (Lipinski definition) is 4. The Morgan fingerprint density at radius 3 is 2.19 bits per heavy atom. The number of carbonyl (C=O) groups is 1. The van der Waals surface area contributed by atoms with Gasteiger partial charge in [-0.3, -0.25) is 4.72 Å². The number of carboxylic acids is 1. The van der Waals surface area contributed by atoms with E-state index < -0.39 is 32.5 Å². The Labute approximate surface area is 118 Å². The second-order valence-electron chi connectivity index (χ2n) is 4.02. The SMILES string of the molecule is O=C([O-])c1cccc(NS(=O)(=O)c2c(F)cccc2F)c1. The maximum atomic E-state index is 13.5. The van der Waals surface area contributed by atoms with Gasteiger partial charge in [0.2, 0.25) is 0 Å². The number of halogens is 2. The van der Waals surface area contributed by atoms with Gasteiger partial charge in [0.05, 0.1) is 5.97 Å². The standard InChI is InChI=1S/C13H9F2NO4S/c14-10-5-2-6-11(15)12(10)21(19,20)16-9-4-1-3-8(7-9)13(17)18/h1-7,16H,(H,17,18)/p-1. The molecule has 0 aromatic heterocycles. The van der Waals surface area contributed by atoms with Gasteiger partial charge in [0, 0.05) is 5.69 Å². The molecule has 0 atom stereocenters. The molecule has 0 radical (unpaired) electrons. The van der Waals surface area contributed by atoms with Crippen LogP contribution in [0.15, 0.2) is 47.4 Å². The molecule has 5 nitrogen and oxygen atoms in total. The van der Waals surface area contributed by atoms with Crippen molar-refractivity contribution in [3.63, 3.8) is 0 Å². The van der Waals surface area contributed by atoms with Gasteiger partial charge in [0.1, 0.15) is 11.6 Å². The number of anilines is 1. The quantitative estimate of drug-likeness (QED) is 0.917. The Morgan fingerprint density at radius 1 is 1.05 bits per heavy atom. The van der Waals surface area contributed by atoms with Gasteiger partial charge in [-0.05, 0) is 29.8 Å². The zero-order valence-electron chi connectivity index (χ0n) is 10.3. The molecule has 0 bridgehead atoms. The first-order valence-electron chi connectivity index (χ1n) is 5.59. The lowest BCUT2D eigenvalue weighted by Gasteiger charge is -2.11. The molecular formula is C13H8F2NO4S-. The molecule has 2 aromatic carbocycles. The maximum absolute atomic E-state index is 13.5. The highest BCUT2D eigenvalue weighted by Crippen LogP contribution is 2.22. The molecule has 2 aromatic rings. The first kappa shape index (κ1) is 14.9. The van der Waals surface area contributed by atoms with Gasteiger partial charge < -0.3 is 9.90 Å². The summed E-state index contributed by atoms with van der Waals surface area (Å²) in [7, 11) is -4.53. The van der Waals surface area contributed by atoms with Crippen molar-refractivity contribution in [3.8, 4) is 0 Å². The lowest BCUT2D eigenvalue weighted by molar-refractivity contribution is -0.255. The van der Waals surface area contributed by atoms with Crippen molar-refractivity contribution < 1.29 is 27.1 Å². The first-order valence-corrected chi connectivity index (χ1v) is 7.08. The normalized spacial score (nSPS) is 11.1. The van der Waals surface area contributed by atoms with Crippen molar-refractivity contribution in [1.82, 2.24) is 0 Å². The Hall–Kier alpha value is -2.48. The minimum absolute atomic E-state index is 0.153. The summed E-state index contributed by atoms with van der Waals surface area (Å²) in [6, 6.07) is 7.30. The third-order valence-electron chi connectivity index (χ3n) is 2.54. The Bertz CT molecular complexity index is 785. The van der Waals surface area contributed by atoms with E-state index in [0.717, 1.165) is 24.3 Å². The van der Waals surface area contributed by atoms with Crippen LogP contribution in [0.4, 0.5) is 14.5 Å². The molecule has 0 saturated heterocycles. The van der Waals surface area contributed by atoms with E-state index in [2.05, 4.69) is 0 Å². The Kier molecular flexibility index (Phi) is 3.90. The van der Waals surface area contributed by atoms with E-state index in [4.69, 9.17) is 0 Å². The van der Waals surface area contributed by atoms with E-state index in [9.17, 15) is 27.1 Å². The van der Waals surface area contributed by atoms with E-state index in [1.807, 2.05) is 4.72 Å². The molecule has 0 saturated carbocycles. The highest BCUT2D eigenvalue weighted by atomic mass is 32.2. The zero-order chi connectivity index (χ0) is 15.6. The number of sulfonamides is 1. The lowest BCUT2D eigenvalue weighted by Crippen LogP contribution is -2.22. The van der Waals surface area contributed by atoms with Crippen LogP contribution in [0.25, 0.3) is 0 Å². The summed E-state index contributed by atoms with van der Waals surface area (Å²) in [6.07, 6.45) is 0. The molecule has 1 N–H and O–H groups in total. The van der Waals surface area contributed by atoms with Gasteiger partial charge in [-0.15, -0.1) is 0 Å². The van der Waals surface area contributed by atoms with Gasteiger partial charge in [-0.1, -0.05) is 18.2 Å². The summed E-state index contributed by atoms with van der Waals surface area (Å²) >= 11 is 0. The predicted octanol–water partition coefficient (Wildman–Crippen LogP) is 1.13. The zero-order valence-corrected chi connectivity index (χ0v) is 11.2. The van der Waals surface area contributed by atoms with Crippen LogP contribution in [-0.2, 0) is 10.0 Å². The molecule has 2 rings (SSSR count). The molecule has 0 amide bonds. The lowest BCUT2D eigenvalue weighted by atomic mass is 10.2. The first-order chi connectivity index (χ1) is 9.81. The average Bonchev–Trinajstić information content (AvgIpc) is 2.37. The molecule has 21 heavy (non-hydrogen) atoms. The van der Waals surface area contributed by atoms with E-state index in [1.165, 1.54) is 18.2 Å². The molecule has 0 heterocycles. The average molecular weight is 312 g/mol. The monoisotopic (exact) mass is 312 g/mol. The Balaban J connectivity index is 2.43. The molecule has 110 valence electrons. The number of carboxylic acid groups (broad SMARTS) is 1. The van der Waals surface area contributed by atoms with Crippen molar-refractivity contribution >= 4 is 21.7 Å². The van der Waals surface area contributed by atoms with Crippen LogP contribution < -0.4 is 9.83 Å². The number of hydrogen-bond donors (Lipinski definition) is 1. The van der Waals surface area contributed by atoms with Crippen molar-refractivity contribution in [1.29, 1.82) is 0 Å². The van der Waals surface area contributed by atoms with E-state index in [-0.39, 0.29) is 11.3 Å². The minimum atomic E-state index is -4.53. The van der Waals surface area contributed by atoms with Crippen molar-refractivity contribution in [3.05, 3.63) is 59.7 Å². The summed E-state index contributed by atoms with van der Waals surface area (Å²) in [5.74, 6) is -4.01. The molecular weight excluding hydrogens is 304 g/mol. The third kappa shape index (κ3) is 3.16. The second-order valence-corrected chi connectivity index (χ2v) is 5.64. The van der Waals surface area contributed by atoms with Crippen LogP contribution in [0.5, 0.6) is 0 Å². The number of carbonyl (C=O) groups excluding carboxylic acids is 1. The topological polar surface area (TPSA) is 86.3 Å². The van der Waals surface area contributed by atoms with Crippen molar-refractivity contribution in [2.45, 2.75) is 4.90 Å². The second kappa shape index (κ2) is 5.49. The molecule has 8 heteroatoms. The van der Waals surface area contributed by atoms with E-state index in [1.54, 1.807) is 0 Å². The predicted molar refractivity (Wildman–Crippen MR) is 67.9 cm³/mol. The molecule has 0 aliphatic carbocycles. The Morgan fingerprint density at radius 2 is 1.62 bits per heavy atom. The van der Waals surface area contributed by atoms with Crippen LogP contribution in [0, 0.1) is 11.6 Å². The van der Waals surface area contributed by atoms with Gasteiger partial charge in [-0.25, -0.2) is 17.2 Å². The number of rotatable bonds is 4. The van der Waals surface area contributed by atoms with Gasteiger partial charge in [-0.2, -0.15) is 0 Å². The van der Waals surface area contributed by atoms with Crippen molar-refractivity contribution in [2.75, 3.05) is 4.72 Å². The van der Waals surface area contributed by atoms with Gasteiger partial charge in [0.25, 0.3) is 10.0 Å². The number of nitrogens with one attached hydrogen (secondary N) is 1. The fraction of sp³-hybridized carbons (Fsp3) is 0. The van der Waals surface area contributed by atoms with Crippen LogP contribution in [0.3, 0.4) is 0 Å². The highest BCUT2D eigenvalue weighted by Gasteiger charge is 2.23. The molecule has 0 aliphatic rings.